The zero-order valence-electron chi connectivity index (χ0n) is 10.7. The van der Waals surface area contributed by atoms with E-state index in [1.165, 1.54) is 9.75 Å². The summed E-state index contributed by atoms with van der Waals surface area (Å²) in [6, 6.07) is 10.6. The number of methoxy groups -OCH3 is 1. The van der Waals surface area contributed by atoms with Crippen molar-refractivity contribution in [2.24, 2.45) is 0 Å². The third-order valence-electron chi connectivity index (χ3n) is 2.84. The average molecular weight is 326 g/mol. The van der Waals surface area contributed by atoms with Gasteiger partial charge in [-0.05, 0) is 44.3 Å². The lowest BCUT2D eigenvalue weighted by Crippen LogP contribution is -2.17. The molecule has 18 heavy (non-hydrogen) atoms. The lowest BCUT2D eigenvalue weighted by molar-refractivity contribution is 0.405. The van der Waals surface area contributed by atoms with Crippen LogP contribution in [0.3, 0.4) is 0 Å². The third-order valence-corrected chi connectivity index (χ3v) is 4.40. The van der Waals surface area contributed by atoms with E-state index < -0.39 is 0 Å². The molecular formula is C14H16BrNOS. The standard InChI is InChI=1S/C14H16BrNOS/c1-9-4-7-13(18-9)14(16-2)11-8-10(15)5-6-12(11)17-3/h4-8,14,16H,1-3H3. The Labute approximate surface area is 120 Å². The van der Waals surface area contributed by atoms with Crippen LogP contribution in [0.15, 0.2) is 34.8 Å². The molecule has 0 amide bonds. The Morgan fingerprint density at radius 1 is 1.28 bits per heavy atom. The van der Waals surface area contributed by atoms with Crippen LogP contribution in [0.5, 0.6) is 5.75 Å². The summed E-state index contributed by atoms with van der Waals surface area (Å²) >= 11 is 5.33. The molecule has 0 saturated carbocycles. The van der Waals surface area contributed by atoms with Crippen molar-refractivity contribution in [2.45, 2.75) is 13.0 Å². The van der Waals surface area contributed by atoms with Crippen molar-refractivity contribution >= 4 is 27.3 Å². The number of nitrogens with one attached hydrogen (secondary N) is 1. The highest BCUT2D eigenvalue weighted by atomic mass is 79.9. The molecule has 0 aliphatic carbocycles. The number of halogens is 1. The Kier molecular flexibility index (Phi) is 4.43. The Morgan fingerprint density at radius 2 is 2.06 bits per heavy atom. The van der Waals surface area contributed by atoms with E-state index in [2.05, 4.69) is 46.4 Å². The molecule has 1 heterocycles. The maximum Gasteiger partial charge on any atom is 0.124 e. The van der Waals surface area contributed by atoms with E-state index in [1.54, 1.807) is 18.4 Å². The molecular weight excluding hydrogens is 310 g/mol. The minimum Gasteiger partial charge on any atom is -0.496 e. The second-order valence-corrected chi connectivity index (χ2v) is 6.29. The van der Waals surface area contributed by atoms with Gasteiger partial charge in [-0.3, -0.25) is 0 Å². The molecule has 1 aromatic heterocycles. The van der Waals surface area contributed by atoms with Gasteiger partial charge < -0.3 is 10.1 Å². The number of hydrogen-bond acceptors (Lipinski definition) is 3. The molecule has 1 unspecified atom stereocenters. The maximum atomic E-state index is 5.46. The van der Waals surface area contributed by atoms with Gasteiger partial charge in [-0.2, -0.15) is 0 Å². The zero-order valence-corrected chi connectivity index (χ0v) is 13.1. The van der Waals surface area contributed by atoms with E-state index in [9.17, 15) is 0 Å². The van der Waals surface area contributed by atoms with Crippen molar-refractivity contribution in [3.05, 3.63) is 50.1 Å². The van der Waals surface area contributed by atoms with E-state index in [-0.39, 0.29) is 6.04 Å². The Hall–Kier alpha value is -0.840. The molecule has 96 valence electrons. The fraction of sp³-hybridized carbons (Fsp3) is 0.286. The third kappa shape index (κ3) is 2.76. The van der Waals surface area contributed by atoms with Crippen molar-refractivity contribution in [3.8, 4) is 5.75 Å². The van der Waals surface area contributed by atoms with Gasteiger partial charge in [0.15, 0.2) is 0 Å². The number of hydrogen-bond donors (Lipinski definition) is 1. The molecule has 0 fully saturated rings. The van der Waals surface area contributed by atoms with Crippen LogP contribution in [0.1, 0.15) is 21.4 Å². The molecule has 2 rings (SSSR count). The highest BCUT2D eigenvalue weighted by Gasteiger charge is 2.18. The van der Waals surface area contributed by atoms with E-state index in [0.717, 1.165) is 15.8 Å². The normalized spacial score (nSPS) is 12.4. The van der Waals surface area contributed by atoms with Crippen molar-refractivity contribution in [1.82, 2.24) is 5.32 Å². The van der Waals surface area contributed by atoms with Gasteiger partial charge in [-0.1, -0.05) is 15.9 Å². The number of aryl methyl sites for hydroxylation is 1. The lowest BCUT2D eigenvalue weighted by atomic mass is 10.0. The fourth-order valence-corrected chi connectivity index (χ4v) is 3.38. The SMILES string of the molecule is CNC(c1ccc(C)s1)c1cc(Br)ccc1OC. The molecule has 0 spiro atoms. The van der Waals surface area contributed by atoms with Gasteiger partial charge in [0.05, 0.1) is 13.2 Å². The predicted octanol–water partition coefficient (Wildman–Crippen LogP) is 4.14. The van der Waals surface area contributed by atoms with Crippen LogP contribution in [0, 0.1) is 6.92 Å². The van der Waals surface area contributed by atoms with E-state index in [4.69, 9.17) is 4.74 Å². The highest BCUT2D eigenvalue weighted by Crippen LogP contribution is 2.34. The minimum atomic E-state index is 0.163. The summed E-state index contributed by atoms with van der Waals surface area (Å²) in [5.74, 6) is 0.906. The number of rotatable bonds is 4. The van der Waals surface area contributed by atoms with Crippen LogP contribution < -0.4 is 10.1 Å². The smallest absolute Gasteiger partial charge is 0.124 e. The van der Waals surface area contributed by atoms with Gasteiger partial charge in [0.25, 0.3) is 0 Å². The molecule has 0 aliphatic heterocycles. The van der Waals surface area contributed by atoms with Gasteiger partial charge in [-0.15, -0.1) is 11.3 Å². The Bertz CT molecular complexity index is 538. The maximum absolute atomic E-state index is 5.46. The Morgan fingerprint density at radius 3 is 2.61 bits per heavy atom. The van der Waals surface area contributed by atoms with Gasteiger partial charge in [0.2, 0.25) is 0 Å². The van der Waals surface area contributed by atoms with E-state index in [0.29, 0.717) is 0 Å². The molecule has 0 aliphatic rings. The molecule has 1 N–H and O–H groups in total. The number of thiophene rings is 1. The summed E-state index contributed by atoms with van der Waals surface area (Å²) in [6.45, 7) is 2.12. The highest BCUT2D eigenvalue weighted by molar-refractivity contribution is 9.10. The number of benzene rings is 1. The molecule has 0 saturated heterocycles. The summed E-state index contributed by atoms with van der Waals surface area (Å²) in [4.78, 5) is 2.62. The fourth-order valence-electron chi connectivity index (χ4n) is 1.99. The summed E-state index contributed by atoms with van der Waals surface area (Å²) in [5, 5.41) is 3.36. The van der Waals surface area contributed by atoms with Crippen LogP contribution in [0.25, 0.3) is 0 Å². The van der Waals surface area contributed by atoms with Crippen LogP contribution in [0.2, 0.25) is 0 Å². The van der Waals surface area contributed by atoms with Crippen LogP contribution in [0.4, 0.5) is 0 Å². The molecule has 2 nitrogen and oxygen atoms in total. The molecule has 0 radical (unpaired) electrons. The first kappa shape index (κ1) is 13.6. The van der Waals surface area contributed by atoms with Crippen LogP contribution >= 0.6 is 27.3 Å². The molecule has 4 heteroatoms. The van der Waals surface area contributed by atoms with Crippen LogP contribution in [-0.2, 0) is 0 Å². The summed E-state index contributed by atoms with van der Waals surface area (Å²) < 4.78 is 6.52. The predicted molar refractivity (Wildman–Crippen MR) is 80.7 cm³/mol. The van der Waals surface area contributed by atoms with Crippen molar-refractivity contribution in [1.29, 1.82) is 0 Å². The van der Waals surface area contributed by atoms with Gasteiger partial charge in [0.1, 0.15) is 5.75 Å². The largest absolute Gasteiger partial charge is 0.496 e. The lowest BCUT2D eigenvalue weighted by Gasteiger charge is -2.18. The van der Waals surface area contributed by atoms with E-state index in [1.807, 2.05) is 19.2 Å². The van der Waals surface area contributed by atoms with Crippen molar-refractivity contribution in [3.63, 3.8) is 0 Å². The second kappa shape index (κ2) is 5.87. The zero-order chi connectivity index (χ0) is 13.1. The quantitative estimate of drug-likeness (QED) is 0.912. The van der Waals surface area contributed by atoms with Crippen LogP contribution in [-0.4, -0.2) is 14.2 Å². The monoisotopic (exact) mass is 325 g/mol. The molecule has 1 atom stereocenters. The molecule has 1 aromatic carbocycles. The first-order valence-corrected chi connectivity index (χ1v) is 7.33. The topological polar surface area (TPSA) is 21.3 Å². The first-order valence-electron chi connectivity index (χ1n) is 5.72. The number of ether oxygens (including phenoxy) is 1. The molecule has 0 bridgehead atoms. The Balaban J connectivity index is 2.47. The van der Waals surface area contributed by atoms with Gasteiger partial charge in [0, 0.05) is 19.8 Å². The summed E-state index contributed by atoms with van der Waals surface area (Å²) in [7, 11) is 3.68. The van der Waals surface area contributed by atoms with Crippen molar-refractivity contribution in [2.75, 3.05) is 14.2 Å². The van der Waals surface area contributed by atoms with Crippen molar-refractivity contribution < 1.29 is 4.74 Å². The van der Waals surface area contributed by atoms with Gasteiger partial charge >= 0.3 is 0 Å². The minimum absolute atomic E-state index is 0.163. The average Bonchev–Trinajstić information content (AvgIpc) is 2.77. The van der Waals surface area contributed by atoms with E-state index >= 15 is 0 Å². The second-order valence-electron chi connectivity index (χ2n) is 4.06. The summed E-state index contributed by atoms with van der Waals surface area (Å²) in [5.41, 5.74) is 1.15. The van der Waals surface area contributed by atoms with Gasteiger partial charge in [-0.25, -0.2) is 0 Å². The summed E-state index contributed by atoms with van der Waals surface area (Å²) in [6.07, 6.45) is 0. The molecule has 2 aromatic rings. The first-order chi connectivity index (χ1) is 8.65.